The zero-order chi connectivity index (χ0) is 13.2. The largest absolute Gasteiger partial charge is 0.399 e. The molecule has 2 N–H and O–H groups in total. The van der Waals surface area contributed by atoms with Crippen molar-refractivity contribution >= 4 is 35.3 Å². The van der Waals surface area contributed by atoms with E-state index in [1.807, 2.05) is 23.1 Å². The smallest absolute Gasteiger partial charge is 0.254 e. The fraction of sp³-hybridized carbons (Fsp3) is 0.267. The number of rotatable bonds is 2. The molecule has 0 spiro atoms. The minimum Gasteiger partial charge on any atom is -0.399 e. The van der Waals surface area contributed by atoms with Crippen LogP contribution in [0.4, 0.5) is 5.69 Å². The minimum atomic E-state index is 0. The summed E-state index contributed by atoms with van der Waals surface area (Å²) in [7, 11) is 0. The monoisotopic (exact) mass is 308 g/mol. The molecule has 106 valence electrons. The van der Waals surface area contributed by atoms with Crippen LogP contribution in [0.5, 0.6) is 0 Å². The fourth-order valence-corrected chi connectivity index (χ4v) is 3.50. The molecule has 1 amide bonds. The van der Waals surface area contributed by atoms with Crippen LogP contribution in [0.1, 0.15) is 34.1 Å². The molecule has 20 heavy (non-hydrogen) atoms. The van der Waals surface area contributed by atoms with Crippen LogP contribution in [0.3, 0.4) is 0 Å². The van der Waals surface area contributed by atoms with Gasteiger partial charge in [-0.15, -0.1) is 23.7 Å². The molecule has 1 aliphatic heterocycles. The van der Waals surface area contributed by atoms with Gasteiger partial charge in [0, 0.05) is 22.7 Å². The van der Waals surface area contributed by atoms with E-state index in [2.05, 4.69) is 11.4 Å². The highest BCUT2D eigenvalue weighted by Crippen LogP contribution is 2.35. The predicted molar refractivity (Wildman–Crippen MR) is 85.4 cm³/mol. The third-order valence-corrected chi connectivity index (χ3v) is 4.49. The number of thiophene rings is 1. The number of nitrogens with zero attached hydrogens (tertiary/aromatic N) is 1. The van der Waals surface area contributed by atoms with E-state index in [1.165, 1.54) is 4.88 Å². The third kappa shape index (κ3) is 2.81. The summed E-state index contributed by atoms with van der Waals surface area (Å²) in [4.78, 5) is 15.8. The zero-order valence-electron chi connectivity index (χ0n) is 11.0. The number of carbonyl (C=O) groups is 1. The van der Waals surface area contributed by atoms with E-state index < -0.39 is 0 Å². The van der Waals surface area contributed by atoms with Crippen molar-refractivity contribution in [3.63, 3.8) is 0 Å². The molecule has 1 aliphatic rings. The lowest BCUT2D eigenvalue weighted by atomic mass is 10.1. The summed E-state index contributed by atoms with van der Waals surface area (Å²) in [6, 6.07) is 11.6. The van der Waals surface area contributed by atoms with Crippen molar-refractivity contribution in [3.8, 4) is 0 Å². The molecule has 3 nitrogen and oxygen atoms in total. The Bertz CT molecular complexity index is 585. The maximum absolute atomic E-state index is 12.6. The number of nitrogens with two attached hydrogens (primary N) is 1. The summed E-state index contributed by atoms with van der Waals surface area (Å²) in [5.74, 6) is 0.0863. The van der Waals surface area contributed by atoms with Gasteiger partial charge in [-0.2, -0.15) is 0 Å². The molecule has 0 radical (unpaired) electrons. The maximum atomic E-state index is 12.6. The topological polar surface area (TPSA) is 46.3 Å². The van der Waals surface area contributed by atoms with Gasteiger partial charge in [-0.05, 0) is 42.5 Å². The molecular weight excluding hydrogens is 292 g/mol. The van der Waals surface area contributed by atoms with Crippen LogP contribution >= 0.6 is 23.7 Å². The first-order valence-electron chi connectivity index (χ1n) is 6.45. The summed E-state index contributed by atoms with van der Waals surface area (Å²) >= 11 is 1.72. The molecule has 1 atom stereocenters. The molecular formula is C15H17ClN2OS. The highest BCUT2D eigenvalue weighted by atomic mass is 35.5. The zero-order valence-corrected chi connectivity index (χ0v) is 12.6. The number of nitrogen functional groups attached to an aromatic ring is 1. The molecule has 2 aromatic rings. The second-order valence-corrected chi connectivity index (χ2v) is 5.78. The van der Waals surface area contributed by atoms with Gasteiger partial charge in [-0.25, -0.2) is 0 Å². The van der Waals surface area contributed by atoms with Crippen LogP contribution in [0.2, 0.25) is 0 Å². The fourth-order valence-electron chi connectivity index (χ4n) is 2.62. The average molecular weight is 309 g/mol. The van der Waals surface area contributed by atoms with Crippen LogP contribution in [-0.4, -0.2) is 17.4 Å². The highest BCUT2D eigenvalue weighted by molar-refractivity contribution is 7.10. The minimum absolute atomic E-state index is 0. The van der Waals surface area contributed by atoms with Crippen LogP contribution < -0.4 is 5.73 Å². The van der Waals surface area contributed by atoms with Crippen LogP contribution in [0.15, 0.2) is 41.8 Å². The van der Waals surface area contributed by atoms with Crippen molar-refractivity contribution in [3.05, 3.63) is 52.2 Å². The summed E-state index contributed by atoms with van der Waals surface area (Å²) < 4.78 is 0. The van der Waals surface area contributed by atoms with Gasteiger partial charge in [-0.1, -0.05) is 12.1 Å². The number of likely N-dealkylation sites (tertiary alicyclic amines) is 1. The molecule has 0 bridgehead atoms. The van der Waals surface area contributed by atoms with Crippen LogP contribution in [-0.2, 0) is 0 Å². The summed E-state index contributed by atoms with van der Waals surface area (Å²) in [5, 5.41) is 2.07. The van der Waals surface area contributed by atoms with Crippen molar-refractivity contribution in [1.29, 1.82) is 0 Å². The Balaban J connectivity index is 0.00000147. The number of amides is 1. The molecule has 1 saturated heterocycles. The van der Waals surface area contributed by atoms with Gasteiger partial charge in [0.25, 0.3) is 5.91 Å². The number of hydrogen-bond donors (Lipinski definition) is 1. The standard InChI is InChI=1S/C15H16N2OS.ClH/c16-12-5-1-4-11(10-12)15(18)17-8-2-6-13(17)14-7-3-9-19-14;/h1,3-5,7,9-10,13H,2,6,8,16H2;1H. The van der Waals surface area contributed by atoms with Crippen molar-refractivity contribution in [2.45, 2.75) is 18.9 Å². The quantitative estimate of drug-likeness (QED) is 0.859. The molecule has 1 aromatic heterocycles. The molecule has 2 heterocycles. The van der Waals surface area contributed by atoms with E-state index in [-0.39, 0.29) is 24.4 Å². The first-order chi connectivity index (χ1) is 9.25. The van der Waals surface area contributed by atoms with E-state index >= 15 is 0 Å². The Morgan fingerprint density at radius 1 is 1.30 bits per heavy atom. The summed E-state index contributed by atoms with van der Waals surface area (Å²) in [5.41, 5.74) is 7.08. The van der Waals surface area contributed by atoms with Crippen molar-refractivity contribution < 1.29 is 4.79 Å². The Hall–Kier alpha value is -1.52. The molecule has 1 fully saturated rings. The Kier molecular flexibility index (Phi) is 4.68. The normalized spacial score (nSPS) is 17.8. The number of benzene rings is 1. The Morgan fingerprint density at radius 3 is 2.85 bits per heavy atom. The van der Waals surface area contributed by atoms with Gasteiger partial charge in [0.15, 0.2) is 0 Å². The lowest BCUT2D eigenvalue weighted by molar-refractivity contribution is 0.0738. The van der Waals surface area contributed by atoms with E-state index in [4.69, 9.17) is 5.73 Å². The molecule has 0 saturated carbocycles. The second kappa shape index (κ2) is 6.29. The lowest BCUT2D eigenvalue weighted by Crippen LogP contribution is -2.30. The first-order valence-corrected chi connectivity index (χ1v) is 7.33. The van der Waals surface area contributed by atoms with Gasteiger partial charge in [0.2, 0.25) is 0 Å². The average Bonchev–Trinajstić information content (AvgIpc) is 3.08. The van der Waals surface area contributed by atoms with Crippen LogP contribution in [0.25, 0.3) is 0 Å². The molecule has 3 rings (SSSR count). The Morgan fingerprint density at radius 2 is 2.15 bits per heavy atom. The van der Waals surface area contributed by atoms with E-state index in [9.17, 15) is 4.79 Å². The van der Waals surface area contributed by atoms with E-state index in [1.54, 1.807) is 23.5 Å². The van der Waals surface area contributed by atoms with Gasteiger partial charge in [-0.3, -0.25) is 4.79 Å². The highest BCUT2D eigenvalue weighted by Gasteiger charge is 2.31. The molecule has 0 aliphatic carbocycles. The lowest BCUT2D eigenvalue weighted by Gasteiger charge is -2.24. The van der Waals surface area contributed by atoms with Gasteiger partial charge >= 0.3 is 0 Å². The summed E-state index contributed by atoms with van der Waals surface area (Å²) in [6.45, 7) is 0.830. The van der Waals surface area contributed by atoms with E-state index in [0.29, 0.717) is 11.3 Å². The van der Waals surface area contributed by atoms with Crippen molar-refractivity contribution in [2.24, 2.45) is 0 Å². The van der Waals surface area contributed by atoms with Gasteiger partial charge in [0.1, 0.15) is 0 Å². The number of halogens is 1. The predicted octanol–water partition coefficient (Wildman–Crippen LogP) is 3.73. The Labute approximate surface area is 128 Å². The van der Waals surface area contributed by atoms with E-state index in [0.717, 1.165) is 19.4 Å². The van der Waals surface area contributed by atoms with Gasteiger partial charge < -0.3 is 10.6 Å². The second-order valence-electron chi connectivity index (χ2n) is 4.80. The maximum Gasteiger partial charge on any atom is 0.254 e. The third-order valence-electron chi connectivity index (χ3n) is 3.52. The van der Waals surface area contributed by atoms with Crippen molar-refractivity contribution in [2.75, 3.05) is 12.3 Å². The van der Waals surface area contributed by atoms with Gasteiger partial charge in [0.05, 0.1) is 6.04 Å². The number of carbonyl (C=O) groups excluding carboxylic acids is 1. The number of anilines is 1. The molecule has 5 heteroatoms. The van der Waals surface area contributed by atoms with Crippen LogP contribution in [0, 0.1) is 0 Å². The first kappa shape index (κ1) is 14.9. The summed E-state index contributed by atoms with van der Waals surface area (Å²) in [6.07, 6.45) is 2.12. The van der Waals surface area contributed by atoms with Crippen molar-refractivity contribution in [1.82, 2.24) is 4.90 Å². The number of hydrogen-bond acceptors (Lipinski definition) is 3. The molecule has 1 unspecified atom stereocenters. The SMILES string of the molecule is Cl.Nc1cccc(C(=O)N2CCCC2c2cccs2)c1. The molecule has 1 aromatic carbocycles.